The van der Waals surface area contributed by atoms with Crippen molar-refractivity contribution in [2.24, 2.45) is 0 Å². The van der Waals surface area contributed by atoms with Crippen LogP contribution in [0.3, 0.4) is 0 Å². The molecule has 0 radical (unpaired) electrons. The van der Waals surface area contributed by atoms with Crippen molar-refractivity contribution >= 4 is 0 Å². The summed E-state index contributed by atoms with van der Waals surface area (Å²) < 4.78 is 26.0. The van der Waals surface area contributed by atoms with Gasteiger partial charge in [-0.25, -0.2) is 0 Å². The Morgan fingerprint density at radius 2 is 0.971 bits per heavy atom. The fourth-order valence-corrected chi connectivity index (χ4v) is 3.94. The highest BCUT2D eigenvalue weighted by molar-refractivity contribution is 4.94. The highest BCUT2D eigenvalue weighted by Gasteiger charge is 2.51. The summed E-state index contributed by atoms with van der Waals surface area (Å²) in [7, 11) is 0. The van der Waals surface area contributed by atoms with Crippen LogP contribution < -0.4 is 0 Å². The highest BCUT2D eigenvalue weighted by Crippen LogP contribution is 2.29. The Morgan fingerprint density at radius 1 is 0.500 bits per heavy atom. The molecule has 34 heavy (non-hydrogen) atoms. The minimum absolute atomic E-state index is 0.593. The third-order valence-electron chi connectivity index (χ3n) is 6.08. The van der Waals surface area contributed by atoms with Gasteiger partial charge in [0.25, 0.3) is 0 Å². The van der Waals surface area contributed by atoms with E-state index in [0.29, 0.717) is 0 Å². The molecular formula is C18H32O16. The second kappa shape index (κ2) is 11.6. The van der Waals surface area contributed by atoms with E-state index >= 15 is 0 Å². The molecule has 3 aliphatic heterocycles. The van der Waals surface area contributed by atoms with E-state index in [-0.39, 0.29) is 0 Å². The Bertz CT molecular complexity index is 635. The molecule has 15 atom stereocenters. The van der Waals surface area contributed by atoms with Gasteiger partial charge in [-0.15, -0.1) is 0 Å². The Balaban J connectivity index is 1.59. The van der Waals surface area contributed by atoms with Crippen LogP contribution >= 0.6 is 0 Å². The quantitative estimate of drug-likeness (QED) is 0.154. The van der Waals surface area contributed by atoms with E-state index in [2.05, 4.69) is 0 Å². The predicted molar refractivity (Wildman–Crippen MR) is 101 cm³/mol. The van der Waals surface area contributed by atoms with Gasteiger partial charge in [-0.2, -0.15) is 0 Å². The first-order valence-corrected chi connectivity index (χ1v) is 10.6. The molecule has 0 saturated carbocycles. The van der Waals surface area contributed by atoms with E-state index in [1.165, 1.54) is 0 Å². The standard InChI is InChI=1S/C18H32O16/c19-1-4-7(21)10(24)13(27)17(32-4)30-3-6-9(23)12(26)15(16(29)31-6)34-18-14(28)11(25)8(22)5(2-20)33-18/h4-29H,1-3H2/t4-,5-,6-,7+,8+,9-,10+,11+,12+,13-,14-,15-,16?,17-,18+/m1/s1. The van der Waals surface area contributed by atoms with Gasteiger partial charge in [0.15, 0.2) is 18.9 Å². The molecule has 0 spiro atoms. The van der Waals surface area contributed by atoms with Gasteiger partial charge in [-0.3, -0.25) is 0 Å². The lowest BCUT2D eigenvalue weighted by Crippen LogP contribution is -2.64. The van der Waals surface area contributed by atoms with E-state index in [1.807, 2.05) is 0 Å². The van der Waals surface area contributed by atoms with Crippen molar-refractivity contribution < 1.29 is 79.9 Å². The van der Waals surface area contributed by atoms with Crippen molar-refractivity contribution in [1.29, 1.82) is 0 Å². The summed E-state index contributed by atoms with van der Waals surface area (Å²) in [6.45, 7) is -2.02. The Morgan fingerprint density at radius 3 is 1.50 bits per heavy atom. The molecule has 16 heteroatoms. The fraction of sp³-hybridized carbons (Fsp3) is 1.00. The third-order valence-corrected chi connectivity index (χ3v) is 6.08. The Hall–Kier alpha value is -0.640. The van der Waals surface area contributed by atoms with Crippen LogP contribution in [0.5, 0.6) is 0 Å². The van der Waals surface area contributed by atoms with Crippen LogP contribution in [0.1, 0.15) is 0 Å². The minimum atomic E-state index is -1.92. The lowest BCUT2D eigenvalue weighted by Gasteiger charge is -2.45. The number of ether oxygens (including phenoxy) is 5. The van der Waals surface area contributed by atoms with E-state index in [1.54, 1.807) is 0 Å². The number of rotatable bonds is 7. The average Bonchev–Trinajstić information content (AvgIpc) is 2.82. The molecule has 3 fully saturated rings. The molecule has 3 aliphatic rings. The summed E-state index contributed by atoms with van der Waals surface area (Å²) in [5.41, 5.74) is 0. The van der Waals surface area contributed by atoms with Crippen LogP contribution in [-0.2, 0) is 23.7 Å². The van der Waals surface area contributed by atoms with Crippen molar-refractivity contribution in [1.82, 2.24) is 0 Å². The van der Waals surface area contributed by atoms with Crippen molar-refractivity contribution in [2.45, 2.75) is 92.1 Å². The summed E-state index contributed by atoms with van der Waals surface area (Å²) >= 11 is 0. The topological polar surface area (TPSA) is 269 Å². The second-order valence-electron chi connectivity index (χ2n) is 8.37. The first-order valence-electron chi connectivity index (χ1n) is 10.6. The molecule has 0 aromatic rings. The zero-order valence-electron chi connectivity index (χ0n) is 17.7. The maximum atomic E-state index is 10.4. The predicted octanol–water partition coefficient (Wildman–Crippen LogP) is -7.57. The molecule has 0 aromatic carbocycles. The van der Waals surface area contributed by atoms with Crippen molar-refractivity contribution in [2.75, 3.05) is 19.8 Å². The molecule has 16 nitrogen and oxygen atoms in total. The summed E-state index contributed by atoms with van der Waals surface area (Å²) in [5.74, 6) is 0. The van der Waals surface area contributed by atoms with Crippen molar-refractivity contribution in [3.05, 3.63) is 0 Å². The molecule has 0 bridgehead atoms. The van der Waals surface area contributed by atoms with Gasteiger partial charge in [-0.05, 0) is 0 Å². The van der Waals surface area contributed by atoms with Gasteiger partial charge in [0.1, 0.15) is 73.2 Å². The Labute approximate surface area is 192 Å². The second-order valence-corrected chi connectivity index (χ2v) is 8.37. The zero-order chi connectivity index (χ0) is 25.3. The largest absolute Gasteiger partial charge is 0.394 e. The van der Waals surface area contributed by atoms with Crippen molar-refractivity contribution in [3.63, 3.8) is 0 Å². The van der Waals surface area contributed by atoms with Crippen molar-refractivity contribution in [3.8, 4) is 0 Å². The van der Waals surface area contributed by atoms with Gasteiger partial charge in [0.05, 0.1) is 19.8 Å². The van der Waals surface area contributed by atoms with Gasteiger partial charge in [0.2, 0.25) is 0 Å². The first kappa shape index (κ1) is 27.9. The number of aliphatic hydroxyl groups is 11. The molecule has 1 unspecified atom stereocenters. The number of hydrogen-bond donors (Lipinski definition) is 11. The van der Waals surface area contributed by atoms with Crippen LogP contribution in [0.15, 0.2) is 0 Å². The molecule has 0 aliphatic carbocycles. The first-order chi connectivity index (χ1) is 16.0. The molecule has 11 N–H and O–H groups in total. The number of hydrogen-bond acceptors (Lipinski definition) is 16. The summed E-state index contributed by atoms with van der Waals surface area (Å²) in [6, 6.07) is 0. The smallest absolute Gasteiger partial charge is 0.187 e. The lowest BCUT2D eigenvalue weighted by molar-refractivity contribution is -0.366. The maximum Gasteiger partial charge on any atom is 0.187 e. The van der Waals surface area contributed by atoms with Gasteiger partial charge >= 0.3 is 0 Å². The van der Waals surface area contributed by atoms with Crippen LogP contribution in [0, 0.1) is 0 Å². The fourth-order valence-electron chi connectivity index (χ4n) is 3.94. The summed E-state index contributed by atoms with van der Waals surface area (Å²) in [5, 5.41) is 109. The Kier molecular flexibility index (Phi) is 9.54. The van der Waals surface area contributed by atoms with Crippen LogP contribution in [0.2, 0.25) is 0 Å². The summed E-state index contributed by atoms with van der Waals surface area (Å²) in [4.78, 5) is 0. The molecule has 3 rings (SSSR count). The normalized spacial score (nSPS) is 52.5. The van der Waals surface area contributed by atoms with Gasteiger partial charge in [0, 0.05) is 0 Å². The van der Waals surface area contributed by atoms with E-state index < -0.39 is 112 Å². The molecular weight excluding hydrogens is 472 g/mol. The maximum absolute atomic E-state index is 10.4. The lowest BCUT2D eigenvalue weighted by atomic mass is 9.97. The van der Waals surface area contributed by atoms with Crippen LogP contribution in [0.25, 0.3) is 0 Å². The SMILES string of the molecule is OC[C@H]1O[C@@H](OC[C@H]2OC(O)[C@H](O[C@@H]3O[C@H](CO)[C@H](O)[C@H](O)[C@H]3O)[C@@H](O)[C@@H]2O)[C@H](O)[C@@H](O)[C@H]1O. The molecule has 0 amide bonds. The van der Waals surface area contributed by atoms with Crippen LogP contribution in [0.4, 0.5) is 0 Å². The third kappa shape index (κ3) is 5.52. The van der Waals surface area contributed by atoms with E-state index in [9.17, 15) is 56.2 Å². The zero-order valence-corrected chi connectivity index (χ0v) is 17.7. The van der Waals surface area contributed by atoms with E-state index in [0.717, 1.165) is 0 Å². The summed E-state index contributed by atoms with van der Waals surface area (Å²) in [6.07, 6.45) is -24.8. The number of aliphatic hydroxyl groups excluding tert-OH is 11. The molecule has 200 valence electrons. The van der Waals surface area contributed by atoms with Crippen LogP contribution in [-0.4, -0.2) is 168 Å². The van der Waals surface area contributed by atoms with E-state index in [4.69, 9.17) is 23.7 Å². The van der Waals surface area contributed by atoms with Gasteiger partial charge < -0.3 is 79.9 Å². The molecule has 3 saturated heterocycles. The highest BCUT2D eigenvalue weighted by atomic mass is 16.7. The monoisotopic (exact) mass is 504 g/mol. The average molecular weight is 504 g/mol. The minimum Gasteiger partial charge on any atom is -0.394 e. The molecule has 0 aromatic heterocycles. The molecule has 3 heterocycles. The van der Waals surface area contributed by atoms with Gasteiger partial charge in [-0.1, -0.05) is 0 Å².